The van der Waals surface area contributed by atoms with E-state index in [1.807, 2.05) is 6.07 Å². The molecule has 1 aliphatic rings. The number of para-hydroxylation sites is 1. The Bertz CT molecular complexity index is 412. The van der Waals surface area contributed by atoms with Crippen molar-refractivity contribution in [3.63, 3.8) is 0 Å². The van der Waals surface area contributed by atoms with Gasteiger partial charge >= 0.3 is 5.24 Å². The van der Waals surface area contributed by atoms with E-state index in [2.05, 4.69) is 0 Å². The molecule has 0 saturated heterocycles. The van der Waals surface area contributed by atoms with Crippen LogP contribution in [0.15, 0.2) is 18.2 Å². The fourth-order valence-electron chi connectivity index (χ4n) is 1.35. The summed E-state index contributed by atoms with van der Waals surface area (Å²) >= 11 is 4.77. The Morgan fingerprint density at radius 2 is 2.29 bits per heavy atom. The number of hydrogen-bond donors (Lipinski definition) is 0. The van der Waals surface area contributed by atoms with Gasteiger partial charge in [-0.15, -0.1) is 0 Å². The quantitative estimate of drug-likeness (QED) is 0.523. The van der Waals surface area contributed by atoms with E-state index >= 15 is 0 Å². The van der Waals surface area contributed by atoms with Crippen molar-refractivity contribution in [2.45, 2.75) is 13.5 Å². The zero-order valence-corrected chi connectivity index (χ0v) is 8.39. The molecule has 0 unspecified atom stereocenters. The van der Waals surface area contributed by atoms with Gasteiger partial charge in [-0.2, -0.15) is 0 Å². The number of ether oxygens (including phenoxy) is 2. The zero-order valence-electron chi connectivity index (χ0n) is 7.57. The van der Waals surface area contributed by atoms with Crippen LogP contribution < -0.4 is 4.74 Å². The second-order valence-electron chi connectivity index (χ2n) is 2.99. The highest BCUT2D eigenvalue weighted by atomic mass is 32.1. The molecule has 0 aromatic heterocycles. The van der Waals surface area contributed by atoms with Crippen molar-refractivity contribution < 1.29 is 14.3 Å². The van der Waals surface area contributed by atoms with Gasteiger partial charge in [-0.25, -0.2) is 0 Å². The average Bonchev–Trinajstić information content (AvgIpc) is 2.16. The molecule has 4 heteroatoms. The lowest BCUT2D eigenvalue weighted by Gasteiger charge is -2.19. The Morgan fingerprint density at radius 3 is 3.00 bits per heavy atom. The summed E-state index contributed by atoms with van der Waals surface area (Å²) in [6.45, 7) is 1.87. The Morgan fingerprint density at radius 1 is 1.50 bits per heavy atom. The van der Waals surface area contributed by atoms with Crippen LogP contribution in [0, 0.1) is 0 Å². The summed E-state index contributed by atoms with van der Waals surface area (Å²) in [6.07, 6.45) is 0. The topological polar surface area (TPSA) is 35.5 Å². The largest absolute Gasteiger partial charge is 0.452 e. The van der Waals surface area contributed by atoms with E-state index in [9.17, 15) is 4.79 Å². The molecule has 0 spiro atoms. The maximum absolute atomic E-state index is 11.3. The lowest BCUT2D eigenvalue weighted by atomic mass is 10.1. The first-order chi connectivity index (χ1) is 6.68. The molecule has 2 rings (SSSR count). The molecule has 1 aromatic rings. The smallest absolute Gasteiger partial charge is 0.358 e. The molecule has 0 aliphatic carbocycles. The second kappa shape index (κ2) is 3.38. The Balaban J connectivity index is 2.54. The van der Waals surface area contributed by atoms with Crippen molar-refractivity contribution in [2.75, 3.05) is 0 Å². The van der Waals surface area contributed by atoms with Crippen molar-refractivity contribution in [3.05, 3.63) is 29.3 Å². The van der Waals surface area contributed by atoms with Crippen LogP contribution in [-0.2, 0) is 11.3 Å². The van der Waals surface area contributed by atoms with E-state index in [1.54, 1.807) is 12.1 Å². The summed E-state index contributed by atoms with van der Waals surface area (Å²) in [5.74, 6) is 0.503. The van der Waals surface area contributed by atoms with Gasteiger partial charge < -0.3 is 9.47 Å². The molecule has 14 heavy (non-hydrogen) atoms. The monoisotopic (exact) mass is 208 g/mol. The number of fused-ring (bicyclic) bond motifs is 1. The van der Waals surface area contributed by atoms with Crippen LogP contribution in [0.2, 0.25) is 0 Å². The Hall–Kier alpha value is -1.42. The van der Waals surface area contributed by atoms with Gasteiger partial charge in [-0.05, 0) is 13.0 Å². The summed E-state index contributed by atoms with van der Waals surface area (Å²) in [7, 11) is 0. The molecule has 0 bridgehead atoms. The highest BCUT2D eigenvalue weighted by Gasteiger charge is 2.20. The predicted molar refractivity (Wildman–Crippen MR) is 54.5 cm³/mol. The summed E-state index contributed by atoms with van der Waals surface area (Å²) in [6, 6.07) is 5.37. The number of carbonyl (C=O) groups excluding carboxylic acids is 1. The highest BCUT2D eigenvalue weighted by molar-refractivity contribution is 7.79. The summed E-state index contributed by atoms with van der Waals surface area (Å²) < 4.78 is 10.2. The number of Topliss-reactive ketones (excluding diaryl/α,β-unsaturated/α-hetero) is 1. The van der Waals surface area contributed by atoms with E-state index in [-0.39, 0.29) is 11.0 Å². The van der Waals surface area contributed by atoms with Crippen LogP contribution in [0.5, 0.6) is 5.75 Å². The number of rotatable bonds is 1. The molecule has 1 aliphatic heterocycles. The minimum Gasteiger partial charge on any atom is -0.452 e. The van der Waals surface area contributed by atoms with Gasteiger partial charge in [0.1, 0.15) is 12.4 Å². The van der Waals surface area contributed by atoms with Gasteiger partial charge in [-0.3, -0.25) is 4.79 Å². The molecular weight excluding hydrogens is 200 g/mol. The van der Waals surface area contributed by atoms with Crippen molar-refractivity contribution in [1.82, 2.24) is 0 Å². The Kier molecular flexibility index (Phi) is 2.21. The molecule has 0 radical (unpaired) electrons. The lowest BCUT2D eigenvalue weighted by molar-refractivity contribution is 0.101. The molecule has 0 atom stereocenters. The van der Waals surface area contributed by atoms with E-state index in [0.717, 1.165) is 5.56 Å². The first-order valence-electron chi connectivity index (χ1n) is 4.16. The first-order valence-corrected chi connectivity index (χ1v) is 4.57. The molecule has 0 amide bonds. The maximum atomic E-state index is 11.3. The number of carbonyl (C=O) groups is 1. The summed E-state index contributed by atoms with van der Waals surface area (Å²) in [5, 5.41) is 0.0752. The summed E-state index contributed by atoms with van der Waals surface area (Å²) in [5.41, 5.74) is 1.40. The van der Waals surface area contributed by atoms with Crippen LogP contribution >= 0.6 is 12.2 Å². The third-order valence-electron chi connectivity index (χ3n) is 2.01. The minimum atomic E-state index is -0.0356. The second-order valence-corrected chi connectivity index (χ2v) is 3.32. The van der Waals surface area contributed by atoms with Crippen LogP contribution in [0.4, 0.5) is 0 Å². The molecule has 0 saturated carbocycles. The van der Waals surface area contributed by atoms with Crippen molar-refractivity contribution in [3.8, 4) is 5.75 Å². The fourth-order valence-corrected chi connectivity index (χ4v) is 1.49. The number of ketones is 1. The molecule has 1 aromatic carbocycles. The number of benzene rings is 1. The standard InChI is InChI=1S/C10H8O3S/c1-6(11)8-4-2-3-7-5-12-10(14)13-9(7)8/h2-4H,5H2,1H3. The van der Waals surface area contributed by atoms with E-state index in [1.165, 1.54) is 6.92 Å². The van der Waals surface area contributed by atoms with Gasteiger partial charge in [0.25, 0.3) is 0 Å². The van der Waals surface area contributed by atoms with E-state index < -0.39 is 0 Å². The minimum absolute atomic E-state index is 0.0356. The van der Waals surface area contributed by atoms with Gasteiger partial charge in [0.15, 0.2) is 5.78 Å². The van der Waals surface area contributed by atoms with Gasteiger partial charge in [0.05, 0.1) is 5.56 Å². The third-order valence-corrected chi connectivity index (χ3v) is 2.21. The van der Waals surface area contributed by atoms with Crippen LogP contribution in [-0.4, -0.2) is 11.0 Å². The molecular formula is C10H8O3S. The van der Waals surface area contributed by atoms with Crippen LogP contribution in [0.1, 0.15) is 22.8 Å². The number of thiocarbonyl (C=S) groups is 1. The molecule has 0 N–H and O–H groups in total. The zero-order chi connectivity index (χ0) is 10.1. The SMILES string of the molecule is CC(=O)c1cccc2c1OC(=S)OC2. The molecule has 0 fully saturated rings. The molecule has 72 valence electrons. The average molecular weight is 208 g/mol. The highest BCUT2D eigenvalue weighted by Crippen LogP contribution is 2.28. The van der Waals surface area contributed by atoms with Crippen LogP contribution in [0.25, 0.3) is 0 Å². The fraction of sp³-hybridized carbons (Fsp3) is 0.200. The predicted octanol–water partition coefficient (Wildman–Crippen LogP) is 2.08. The Labute approximate surface area is 86.6 Å². The van der Waals surface area contributed by atoms with Crippen molar-refractivity contribution in [2.24, 2.45) is 0 Å². The van der Waals surface area contributed by atoms with Gasteiger partial charge in [0.2, 0.25) is 0 Å². The normalized spacial score (nSPS) is 13.9. The van der Waals surface area contributed by atoms with Crippen LogP contribution in [0.3, 0.4) is 0 Å². The van der Waals surface area contributed by atoms with Crippen molar-refractivity contribution in [1.29, 1.82) is 0 Å². The lowest BCUT2D eigenvalue weighted by Crippen LogP contribution is -2.18. The summed E-state index contributed by atoms with van der Waals surface area (Å²) in [4.78, 5) is 11.3. The molecule has 3 nitrogen and oxygen atoms in total. The molecule has 1 heterocycles. The van der Waals surface area contributed by atoms with E-state index in [0.29, 0.717) is 17.9 Å². The van der Waals surface area contributed by atoms with E-state index in [4.69, 9.17) is 21.7 Å². The number of hydrogen-bond acceptors (Lipinski definition) is 4. The van der Waals surface area contributed by atoms with Gasteiger partial charge in [-0.1, -0.05) is 12.1 Å². The first kappa shape index (κ1) is 9.15. The third kappa shape index (κ3) is 1.48. The van der Waals surface area contributed by atoms with Crippen molar-refractivity contribution >= 4 is 23.2 Å². The van der Waals surface area contributed by atoms with Gasteiger partial charge in [0, 0.05) is 17.8 Å². The maximum Gasteiger partial charge on any atom is 0.358 e.